The lowest BCUT2D eigenvalue weighted by molar-refractivity contribution is 0.552. The van der Waals surface area contributed by atoms with Crippen LogP contribution in [0.3, 0.4) is 0 Å². The number of aryl methyl sites for hydroxylation is 2. The molecule has 108 valence electrons. The van der Waals surface area contributed by atoms with E-state index in [1.807, 2.05) is 10.9 Å². The highest BCUT2D eigenvalue weighted by Crippen LogP contribution is 2.10. The van der Waals surface area contributed by atoms with E-state index >= 15 is 0 Å². The Labute approximate surface area is 122 Å². The molecular formula is C17H25N3. The van der Waals surface area contributed by atoms with Gasteiger partial charge >= 0.3 is 0 Å². The van der Waals surface area contributed by atoms with Crippen LogP contribution < -0.4 is 5.32 Å². The largest absolute Gasteiger partial charge is 0.312 e. The first kappa shape index (κ1) is 14.8. The molecule has 1 heterocycles. The number of nitrogens with zero attached hydrogens (tertiary/aromatic N) is 2. The molecule has 2 rings (SSSR count). The highest BCUT2D eigenvalue weighted by atomic mass is 15.3. The van der Waals surface area contributed by atoms with E-state index in [-0.39, 0.29) is 0 Å². The van der Waals surface area contributed by atoms with Crippen LogP contribution in [-0.2, 0) is 13.1 Å². The normalized spacial score (nSPS) is 11.2. The van der Waals surface area contributed by atoms with E-state index in [1.165, 1.54) is 22.3 Å². The second-order valence-electron chi connectivity index (χ2n) is 6.07. The third-order valence-electron chi connectivity index (χ3n) is 3.19. The Bertz CT molecular complexity index is 535. The average Bonchev–Trinajstić information content (AvgIpc) is 2.74. The van der Waals surface area contributed by atoms with Crippen molar-refractivity contribution in [3.63, 3.8) is 0 Å². The van der Waals surface area contributed by atoms with Gasteiger partial charge in [0.1, 0.15) is 0 Å². The lowest BCUT2D eigenvalue weighted by atomic mass is 10.1. The zero-order valence-corrected chi connectivity index (χ0v) is 13.0. The van der Waals surface area contributed by atoms with Gasteiger partial charge in [0.05, 0.1) is 12.7 Å². The van der Waals surface area contributed by atoms with Crippen LogP contribution in [0.2, 0.25) is 0 Å². The Morgan fingerprint density at radius 3 is 2.45 bits per heavy atom. The number of hydrogen-bond donors (Lipinski definition) is 1. The van der Waals surface area contributed by atoms with Gasteiger partial charge in [0.2, 0.25) is 0 Å². The van der Waals surface area contributed by atoms with Crippen molar-refractivity contribution in [2.45, 2.75) is 40.8 Å². The van der Waals surface area contributed by atoms with Crippen LogP contribution in [0.5, 0.6) is 0 Å². The zero-order chi connectivity index (χ0) is 14.5. The topological polar surface area (TPSA) is 29.9 Å². The van der Waals surface area contributed by atoms with Gasteiger partial charge in [-0.25, -0.2) is 0 Å². The molecule has 20 heavy (non-hydrogen) atoms. The highest BCUT2D eigenvalue weighted by Gasteiger charge is 2.02. The van der Waals surface area contributed by atoms with Crippen molar-refractivity contribution in [1.82, 2.24) is 15.1 Å². The summed E-state index contributed by atoms with van der Waals surface area (Å²) >= 11 is 0. The summed E-state index contributed by atoms with van der Waals surface area (Å²) in [5.41, 5.74) is 5.18. The molecule has 0 radical (unpaired) electrons. The maximum Gasteiger partial charge on any atom is 0.0659 e. The van der Waals surface area contributed by atoms with Gasteiger partial charge in [0.15, 0.2) is 0 Å². The molecule has 0 fully saturated rings. The minimum atomic E-state index is 0.681. The first-order valence-electron chi connectivity index (χ1n) is 7.32. The molecule has 0 aliphatic heterocycles. The van der Waals surface area contributed by atoms with Gasteiger partial charge in [0, 0.05) is 18.3 Å². The number of benzene rings is 1. The number of aromatic nitrogens is 2. The Kier molecular flexibility index (Phi) is 4.96. The molecule has 0 aliphatic carbocycles. The van der Waals surface area contributed by atoms with Crippen LogP contribution in [-0.4, -0.2) is 16.3 Å². The lowest BCUT2D eigenvalue weighted by Crippen LogP contribution is -2.18. The molecular weight excluding hydrogens is 246 g/mol. The second kappa shape index (κ2) is 6.71. The van der Waals surface area contributed by atoms with Crippen molar-refractivity contribution in [3.05, 3.63) is 52.8 Å². The summed E-state index contributed by atoms with van der Waals surface area (Å²) in [7, 11) is 0. The first-order chi connectivity index (χ1) is 9.52. The third kappa shape index (κ3) is 4.49. The van der Waals surface area contributed by atoms with E-state index in [2.05, 4.69) is 62.5 Å². The second-order valence-corrected chi connectivity index (χ2v) is 6.07. The third-order valence-corrected chi connectivity index (χ3v) is 3.19. The molecule has 0 saturated heterocycles. The molecule has 0 saturated carbocycles. The van der Waals surface area contributed by atoms with Gasteiger partial charge in [-0.05, 0) is 31.9 Å². The van der Waals surface area contributed by atoms with E-state index in [0.717, 1.165) is 19.6 Å². The fourth-order valence-corrected chi connectivity index (χ4v) is 2.44. The number of hydrogen-bond acceptors (Lipinski definition) is 2. The SMILES string of the molecule is Cc1cc(C)cc(Cn2cc(CNCC(C)C)cn2)c1. The van der Waals surface area contributed by atoms with Crippen LogP contribution in [0, 0.1) is 19.8 Å². The summed E-state index contributed by atoms with van der Waals surface area (Å²) in [6.45, 7) is 11.5. The minimum absolute atomic E-state index is 0.681. The first-order valence-corrected chi connectivity index (χ1v) is 7.32. The molecule has 1 aromatic heterocycles. The predicted octanol–water partition coefficient (Wildman–Crippen LogP) is 3.29. The van der Waals surface area contributed by atoms with Crippen molar-refractivity contribution < 1.29 is 0 Å². The van der Waals surface area contributed by atoms with Crippen LogP contribution in [0.25, 0.3) is 0 Å². The lowest BCUT2D eigenvalue weighted by Gasteiger charge is -2.06. The van der Waals surface area contributed by atoms with Crippen LogP contribution in [0.1, 0.15) is 36.1 Å². The van der Waals surface area contributed by atoms with E-state index < -0.39 is 0 Å². The van der Waals surface area contributed by atoms with Gasteiger partial charge in [-0.15, -0.1) is 0 Å². The molecule has 0 atom stereocenters. The Hall–Kier alpha value is -1.61. The van der Waals surface area contributed by atoms with Crippen molar-refractivity contribution in [2.75, 3.05) is 6.54 Å². The summed E-state index contributed by atoms with van der Waals surface area (Å²) in [5.74, 6) is 0.681. The maximum atomic E-state index is 4.45. The van der Waals surface area contributed by atoms with E-state index in [1.54, 1.807) is 0 Å². The van der Waals surface area contributed by atoms with Crippen LogP contribution in [0.4, 0.5) is 0 Å². The Balaban J connectivity index is 1.95. The maximum absolute atomic E-state index is 4.45. The molecule has 0 unspecified atom stereocenters. The van der Waals surface area contributed by atoms with Crippen molar-refractivity contribution in [2.24, 2.45) is 5.92 Å². The molecule has 2 aromatic rings. The molecule has 3 nitrogen and oxygen atoms in total. The number of nitrogens with one attached hydrogen (secondary N) is 1. The van der Waals surface area contributed by atoms with Gasteiger partial charge in [0.25, 0.3) is 0 Å². The van der Waals surface area contributed by atoms with Crippen LogP contribution >= 0.6 is 0 Å². The molecule has 0 amide bonds. The van der Waals surface area contributed by atoms with Gasteiger partial charge in [-0.3, -0.25) is 4.68 Å². The quantitative estimate of drug-likeness (QED) is 0.873. The molecule has 0 spiro atoms. The molecule has 0 bridgehead atoms. The van der Waals surface area contributed by atoms with Gasteiger partial charge < -0.3 is 5.32 Å². The standard InChI is InChI=1S/C17H25N3/c1-13(2)8-18-9-17-10-19-20(12-17)11-16-6-14(3)5-15(4)7-16/h5-7,10,12-13,18H,8-9,11H2,1-4H3. The van der Waals surface area contributed by atoms with E-state index in [0.29, 0.717) is 5.92 Å². The number of rotatable bonds is 6. The summed E-state index contributed by atoms with van der Waals surface area (Å²) in [6, 6.07) is 6.66. The van der Waals surface area contributed by atoms with Crippen LogP contribution in [0.15, 0.2) is 30.6 Å². The zero-order valence-electron chi connectivity index (χ0n) is 13.0. The highest BCUT2D eigenvalue weighted by molar-refractivity contribution is 5.28. The monoisotopic (exact) mass is 271 g/mol. The summed E-state index contributed by atoms with van der Waals surface area (Å²) in [4.78, 5) is 0. The summed E-state index contributed by atoms with van der Waals surface area (Å²) < 4.78 is 2.01. The molecule has 1 N–H and O–H groups in total. The van der Waals surface area contributed by atoms with Crippen molar-refractivity contribution in [3.8, 4) is 0 Å². The summed E-state index contributed by atoms with van der Waals surface area (Å²) in [5, 5.41) is 7.89. The molecule has 0 aliphatic rings. The predicted molar refractivity (Wildman–Crippen MR) is 83.8 cm³/mol. The van der Waals surface area contributed by atoms with Gasteiger partial charge in [-0.1, -0.05) is 43.2 Å². The van der Waals surface area contributed by atoms with E-state index in [4.69, 9.17) is 0 Å². The van der Waals surface area contributed by atoms with Crippen molar-refractivity contribution in [1.29, 1.82) is 0 Å². The van der Waals surface area contributed by atoms with E-state index in [9.17, 15) is 0 Å². The Morgan fingerprint density at radius 1 is 1.10 bits per heavy atom. The minimum Gasteiger partial charge on any atom is -0.312 e. The molecule has 1 aromatic carbocycles. The fourth-order valence-electron chi connectivity index (χ4n) is 2.44. The summed E-state index contributed by atoms with van der Waals surface area (Å²) in [6.07, 6.45) is 4.08. The fraction of sp³-hybridized carbons (Fsp3) is 0.471. The average molecular weight is 271 g/mol. The molecule has 3 heteroatoms. The smallest absolute Gasteiger partial charge is 0.0659 e. The van der Waals surface area contributed by atoms with Crippen molar-refractivity contribution >= 4 is 0 Å². The Morgan fingerprint density at radius 2 is 1.80 bits per heavy atom. The van der Waals surface area contributed by atoms with Gasteiger partial charge in [-0.2, -0.15) is 5.10 Å².